The number of ketones is 2. The van der Waals surface area contributed by atoms with Crippen molar-refractivity contribution in [3.63, 3.8) is 0 Å². The molecular weight excluding hydrogens is 246 g/mol. The number of nitrogens with one attached hydrogen (secondary N) is 1. The van der Waals surface area contributed by atoms with Gasteiger partial charge < -0.3 is 14.8 Å². The zero-order valence-electron chi connectivity index (χ0n) is 11.9. The van der Waals surface area contributed by atoms with Crippen molar-refractivity contribution in [2.24, 2.45) is 5.92 Å². The molecule has 1 unspecified atom stereocenters. The summed E-state index contributed by atoms with van der Waals surface area (Å²) in [5, 5.41) is 3.22. The van der Waals surface area contributed by atoms with Crippen molar-refractivity contribution in [1.82, 2.24) is 5.32 Å². The number of ether oxygens (including phenoxy) is 2. The van der Waals surface area contributed by atoms with Gasteiger partial charge in [0.1, 0.15) is 11.6 Å². The Morgan fingerprint density at radius 3 is 2.58 bits per heavy atom. The molecule has 0 aromatic carbocycles. The summed E-state index contributed by atoms with van der Waals surface area (Å²) in [7, 11) is 3.24. The van der Waals surface area contributed by atoms with Gasteiger partial charge in [-0.05, 0) is 25.3 Å². The number of hydrogen-bond acceptors (Lipinski definition) is 5. The summed E-state index contributed by atoms with van der Waals surface area (Å²) < 4.78 is 9.83. The first kappa shape index (κ1) is 16.3. The smallest absolute Gasteiger partial charge is 0.149 e. The number of carbonyl (C=O) groups is 2. The Hall–Kier alpha value is -0.780. The number of Topliss-reactive ketones (excluding diaryl/α,β-unsaturated/α-hetero) is 2. The summed E-state index contributed by atoms with van der Waals surface area (Å²) in [6.07, 6.45) is 3.13. The molecule has 1 saturated heterocycles. The van der Waals surface area contributed by atoms with Gasteiger partial charge in [0, 0.05) is 40.1 Å². The van der Waals surface area contributed by atoms with Crippen molar-refractivity contribution in [2.75, 3.05) is 34.0 Å². The molecule has 5 heteroatoms. The summed E-state index contributed by atoms with van der Waals surface area (Å²) in [6.45, 7) is 1.87. The van der Waals surface area contributed by atoms with E-state index in [1.165, 1.54) is 0 Å². The van der Waals surface area contributed by atoms with E-state index in [-0.39, 0.29) is 17.6 Å². The van der Waals surface area contributed by atoms with Crippen LogP contribution in [0.5, 0.6) is 0 Å². The molecule has 0 radical (unpaired) electrons. The molecule has 1 heterocycles. The predicted molar refractivity (Wildman–Crippen MR) is 72.1 cm³/mol. The van der Waals surface area contributed by atoms with Crippen LogP contribution in [0.2, 0.25) is 0 Å². The summed E-state index contributed by atoms with van der Waals surface area (Å²) in [6, 6.07) is -0.0721. The van der Waals surface area contributed by atoms with Gasteiger partial charge in [-0.1, -0.05) is 0 Å². The third-order valence-electron chi connectivity index (χ3n) is 3.48. The maximum absolute atomic E-state index is 11.9. The summed E-state index contributed by atoms with van der Waals surface area (Å²) in [5.41, 5.74) is 0. The fourth-order valence-electron chi connectivity index (χ4n) is 2.41. The van der Waals surface area contributed by atoms with Crippen molar-refractivity contribution >= 4 is 11.6 Å². The highest BCUT2D eigenvalue weighted by atomic mass is 16.5. The Labute approximate surface area is 115 Å². The highest BCUT2D eigenvalue weighted by molar-refractivity contribution is 5.84. The predicted octanol–water partition coefficient (Wildman–Crippen LogP) is 0.956. The minimum atomic E-state index is -0.0721. The molecule has 1 N–H and O–H groups in total. The van der Waals surface area contributed by atoms with Crippen LogP contribution < -0.4 is 5.32 Å². The van der Waals surface area contributed by atoms with Crippen LogP contribution in [0.25, 0.3) is 0 Å². The average molecular weight is 271 g/mol. The standard InChI is InChI=1S/C14H25NO4/c1-18-6-3-4-14(17)13-9-11(10-15-13)8-12(16)5-7-19-2/h11,13,15H,3-10H2,1-2H3/t11-,13?/m1/s1. The van der Waals surface area contributed by atoms with Gasteiger partial charge in [0.25, 0.3) is 0 Å². The first-order valence-corrected chi connectivity index (χ1v) is 6.93. The average Bonchev–Trinajstić information content (AvgIpc) is 2.85. The molecule has 0 saturated carbocycles. The van der Waals surface area contributed by atoms with E-state index in [4.69, 9.17) is 9.47 Å². The van der Waals surface area contributed by atoms with Crippen molar-refractivity contribution in [3.8, 4) is 0 Å². The number of rotatable bonds is 10. The van der Waals surface area contributed by atoms with Crippen LogP contribution in [-0.2, 0) is 19.1 Å². The van der Waals surface area contributed by atoms with Crippen LogP contribution in [0.15, 0.2) is 0 Å². The van der Waals surface area contributed by atoms with Gasteiger partial charge in [-0.15, -0.1) is 0 Å². The lowest BCUT2D eigenvalue weighted by atomic mass is 9.96. The normalized spacial score (nSPS) is 22.6. The second-order valence-electron chi connectivity index (χ2n) is 5.11. The van der Waals surface area contributed by atoms with E-state index in [1.807, 2.05) is 0 Å². The Kier molecular flexibility index (Phi) is 7.86. The lowest BCUT2D eigenvalue weighted by molar-refractivity contribution is -0.122. The summed E-state index contributed by atoms with van der Waals surface area (Å²) >= 11 is 0. The van der Waals surface area contributed by atoms with E-state index in [0.717, 1.165) is 19.4 Å². The first-order chi connectivity index (χ1) is 9.17. The molecule has 0 amide bonds. The van der Waals surface area contributed by atoms with Crippen LogP contribution in [0.3, 0.4) is 0 Å². The maximum Gasteiger partial charge on any atom is 0.149 e. The van der Waals surface area contributed by atoms with Crippen molar-refractivity contribution in [3.05, 3.63) is 0 Å². The summed E-state index contributed by atoms with van der Waals surface area (Å²) in [4.78, 5) is 23.5. The van der Waals surface area contributed by atoms with Crippen LogP contribution >= 0.6 is 0 Å². The second kappa shape index (κ2) is 9.18. The van der Waals surface area contributed by atoms with E-state index in [2.05, 4.69) is 5.32 Å². The minimum absolute atomic E-state index is 0.0721. The number of hydrogen-bond donors (Lipinski definition) is 1. The molecule has 0 aliphatic carbocycles. The van der Waals surface area contributed by atoms with Crippen molar-refractivity contribution in [1.29, 1.82) is 0 Å². The zero-order chi connectivity index (χ0) is 14.1. The van der Waals surface area contributed by atoms with Crippen LogP contribution in [0.1, 0.15) is 32.1 Å². The molecule has 0 bridgehead atoms. The Morgan fingerprint density at radius 1 is 1.16 bits per heavy atom. The molecule has 1 rings (SSSR count). The zero-order valence-corrected chi connectivity index (χ0v) is 11.9. The van der Waals surface area contributed by atoms with Crippen molar-refractivity contribution < 1.29 is 19.1 Å². The van der Waals surface area contributed by atoms with Gasteiger partial charge in [0.05, 0.1) is 12.6 Å². The Morgan fingerprint density at radius 2 is 1.89 bits per heavy atom. The lowest BCUT2D eigenvalue weighted by Gasteiger charge is -2.09. The molecular formula is C14H25NO4. The molecule has 0 aromatic heterocycles. The molecule has 1 aliphatic rings. The van der Waals surface area contributed by atoms with Crippen molar-refractivity contribution in [2.45, 2.75) is 38.1 Å². The van der Waals surface area contributed by atoms with Gasteiger partial charge in [-0.3, -0.25) is 9.59 Å². The first-order valence-electron chi connectivity index (χ1n) is 6.93. The molecule has 5 nitrogen and oxygen atoms in total. The number of methoxy groups -OCH3 is 2. The fraction of sp³-hybridized carbons (Fsp3) is 0.857. The maximum atomic E-state index is 11.9. The van der Waals surface area contributed by atoms with Crippen LogP contribution in [0, 0.1) is 5.92 Å². The van der Waals surface area contributed by atoms with Gasteiger partial charge in [-0.2, -0.15) is 0 Å². The minimum Gasteiger partial charge on any atom is -0.385 e. The Balaban J connectivity index is 2.21. The van der Waals surface area contributed by atoms with Crippen LogP contribution in [0.4, 0.5) is 0 Å². The molecule has 1 aliphatic heterocycles. The van der Waals surface area contributed by atoms with Crippen LogP contribution in [-0.4, -0.2) is 51.6 Å². The topological polar surface area (TPSA) is 64.6 Å². The number of carbonyl (C=O) groups excluding carboxylic acids is 2. The molecule has 0 aromatic rings. The Bertz CT molecular complexity index is 293. The van der Waals surface area contributed by atoms with Gasteiger partial charge in [-0.25, -0.2) is 0 Å². The fourth-order valence-corrected chi connectivity index (χ4v) is 2.41. The third kappa shape index (κ3) is 6.27. The highest BCUT2D eigenvalue weighted by Crippen LogP contribution is 2.20. The van der Waals surface area contributed by atoms with E-state index in [9.17, 15) is 9.59 Å². The SMILES string of the molecule is COCCCC(=O)C1C[C@@H](CC(=O)CCOC)CN1. The van der Waals surface area contributed by atoms with Gasteiger partial charge in [0.15, 0.2) is 0 Å². The summed E-state index contributed by atoms with van der Waals surface area (Å²) in [5.74, 6) is 0.755. The second-order valence-corrected chi connectivity index (χ2v) is 5.11. The third-order valence-corrected chi connectivity index (χ3v) is 3.48. The molecule has 0 spiro atoms. The van der Waals surface area contributed by atoms with E-state index in [1.54, 1.807) is 14.2 Å². The molecule has 19 heavy (non-hydrogen) atoms. The highest BCUT2D eigenvalue weighted by Gasteiger charge is 2.29. The van der Waals surface area contributed by atoms with E-state index < -0.39 is 0 Å². The quantitative estimate of drug-likeness (QED) is 0.599. The van der Waals surface area contributed by atoms with E-state index in [0.29, 0.717) is 38.4 Å². The molecule has 1 fully saturated rings. The monoisotopic (exact) mass is 271 g/mol. The van der Waals surface area contributed by atoms with E-state index >= 15 is 0 Å². The largest absolute Gasteiger partial charge is 0.385 e. The molecule has 110 valence electrons. The lowest BCUT2D eigenvalue weighted by Crippen LogP contribution is -2.30. The van der Waals surface area contributed by atoms with Gasteiger partial charge in [0.2, 0.25) is 0 Å². The molecule has 2 atom stereocenters. The van der Waals surface area contributed by atoms with Gasteiger partial charge >= 0.3 is 0 Å².